The van der Waals surface area contributed by atoms with Crippen molar-refractivity contribution in [3.63, 3.8) is 0 Å². The largest absolute Gasteiger partial charge is 0.494 e. The van der Waals surface area contributed by atoms with Gasteiger partial charge < -0.3 is 14.2 Å². The Morgan fingerprint density at radius 2 is 1.74 bits per heavy atom. The molecule has 8 heteroatoms. The predicted octanol–water partition coefficient (Wildman–Crippen LogP) is 2.61. The van der Waals surface area contributed by atoms with Crippen molar-refractivity contribution in [3.05, 3.63) is 58.9 Å². The monoisotopic (exact) mass is 412 g/mol. The Labute approximate surface area is 187 Å². The Morgan fingerprint density at radius 3 is 2.32 bits per heavy atom. The molecule has 1 aromatic carbocycles. The second-order valence-corrected chi connectivity index (χ2v) is 9.82. The van der Waals surface area contributed by atoms with Crippen molar-refractivity contribution in [2.24, 2.45) is 0 Å². The van der Waals surface area contributed by atoms with Crippen LogP contribution in [0.3, 0.4) is 0 Å². The molecule has 2 aromatic rings. The lowest BCUT2D eigenvalue weighted by Crippen LogP contribution is -2.45. The van der Waals surface area contributed by atoms with E-state index in [2.05, 4.69) is 24.9 Å². The van der Waals surface area contributed by atoms with Crippen LogP contribution >= 0.6 is 0 Å². The van der Waals surface area contributed by atoms with Crippen LogP contribution in [0.15, 0.2) is 36.5 Å². The lowest BCUT2D eigenvalue weighted by Gasteiger charge is -2.34. The number of amides is 1. The fourth-order valence-corrected chi connectivity index (χ4v) is 4.13. The number of pyridine rings is 1. The van der Waals surface area contributed by atoms with Crippen LogP contribution in [-0.4, -0.2) is 49.8 Å². The summed E-state index contributed by atoms with van der Waals surface area (Å²) in [7, 11) is 12.3. The molecule has 0 bridgehead atoms. The van der Waals surface area contributed by atoms with E-state index in [0.717, 1.165) is 16.6 Å². The SMILES string of the molecule is [B]C1([B])c2ncccc2C(=O)N1Cc1ccc(B2OC(C)(C)C(C)(C)O2)cc1C(C)C. The second-order valence-electron chi connectivity index (χ2n) is 9.82. The Bertz CT molecular complexity index is 1020. The Balaban J connectivity index is 1.66. The minimum atomic E-state index is -1.45. The maximum atomic E-state index is 13.0. The minimum absolute atomic E-state index is 0.210. The average Bonchev–Trinajstić information content (AvgIpc) is 3.03. The highest BCUT2D eigenvalue weighted by atomic mass is 16.7. The zero-order chi connectivity index (χ0) is 22.8. The number of carbonyl (C=O) groups is 1. The first-order valence-corrected chi connectivity index (χ1v) is 10.7. The van der Waals surface area contributed by atoms with Gasteiger partial charge in [-0.2, -0.15) is 0 Å². The number of rotatable bonds is 4. The van der Waals surface area contributed by atoms with Gasteiger partial charge in [0.1, 0.15) is 0 Å². The third-order valence-electron chi connectivity index (χ3n) is 6.76. The quantitative estimate of drug-likeness (QED) is 0.726. The van der Waals surface area contributed by atoms with Crippen LogP contribution in [0, 0.1) is 0 Å². The number of hydrogen-bond donors (Lipinski definition) is 0. The highest BCUT2D eigenvalue weighted by Gasteiger charge is 2.52. The second kappa shape index (κ2) is 7.24. The van der Waals surface area contributed by atoms with Crippen molar-refractivity contribution in [3.8, 4) is 0 Å². The van der Waals surface area contributed by atoms with E-state index >= 15 is 0 Å². The number of carbonyl (C=O) groups excluding carboxylic acids is 1. The highest BCUT2D eigenvalue weighted by molar-refractivity contribution is 6.62. The molecule has 156 valence electrons. The summed E-state index contributed by atoms with van der Waals surface area (Å²) >= 11 is 0. The first kappa shape index (κ1) is 22.2. The van der Waals surface area contributed by atoms with Crippen LogP contribution in [0.2, 0.25) is 0 Å². The zero-order valence-electron chi connectivity index (χ0n) is 19.1. The molecule has 0 spiro atoms. The van der Waals surface area contributed by atoms with Gasteiger partial charge >= 0.3 is 7.12 Å². The molecule has 1 saturated heterocycles. The van der Waals surface area contributed by atoms with Gasteiger partial charge in [0.05, 0.1) is 38.2 Å². The maximum absolute atomic E-state index is 13.0. The van der Waals surface area contributed by atoms with E-state index in [1.54, 1.807) is 18.3 Å². The number of hydrogen-bond acceptors (Lipinski definition) is 4. The third-order valence-corrected chi connectivity index (χ3v) is 6.76. The van der Waals surface area contributed by atoms with Gasteiger partial charge in [0.2, 0.25) is 0 Å². The van der Waals surface area contributed by atoms with Crippen molar-refractivity contribution in [1.82, 2.24) is 9.88 Å². The summed E-state index contributed by atoms with van der Waals surface area (Å²) in [5.41, 5.74) is 3.07. The van der Waals surface area contributed by atoms with Crippen LogP contribution in [0.4, 0.5) is 0 Å². The number of aromatic nitrogens is 1. The van der Waals surface area contributed by atoms with Crippen LogP contribution in [-0.2, 0) is 21.2 Å². The fraction of sp³-hybridized carbons (Fsp3) is 0.478. The van der Waals surface area contributed by atoms with E-state index < -0.39 is 23.7 Å². The topological polar surface area (TPSA) is 51.7 Å². The molecule has 0 unspecified atom stereocenters. The molecule has 3 heterocycles. The van der Waals surface area contributed by atoms with Crippen molar-refractivity contribution < 1.29 is 14.1 Å². The highest BCUT2D eigenvalue weighted by Crippen LogP contribution is 2.38. The van der Waals surface area contributed by atoms with Gasteiger partial charge in [0.15, 0.2) is 0 Å². The lowest BCUT2D eigenvalue weighted by atomic mass is 9.59. The van der Waals surface area contributed by atoms with E-state index in [1.807, 2.05) is 39.8 Å². The first-order valence-electron chi connectivity index (χ1n) is 10.7. The van der Waals surface area contributed by atoms with E-state index in [-0.39, 0.29) is 11.8 Å². The van der Waals surface area contributed by atoms with Gasteiger partial charge in [0, 0.05) is 18.1 Å². The van der Waals surface area contributed by atoms with E-state index in [1.165, 1.54) is 4.90 Å². The molecule has 1 amide bonds. The standard InChI is InChI=1S/C23H27B3N2O3/c1-14(2)18-12-16(26-30-21(3,4)22(5,6)31-26)10-9-15(18)13-28-20(29)17-8-7-11-27-19(17)23(28,24)25/h7-12,14H,13H2,1-6H3. The normalized spacial score (nSPS) is 21.1. The first-order chi connectivity index (χ1) is 14.3. The van der Waals surface area contributed by atoms with Gasteiger partial charge in [-0.1, -0.05) is 32.0 Å². The van der Waals surface area contributed by atoms with Crippen LogP contribution in [0.25, 0.3) is 0 Å². The smallest absolute Gasteiger partial charge is 0.399 e. The van der Waals surface area contributed by atoms with Crippen molar-refractivity contribution in [1.29, 1.82) is 0 Å². The summed E-state index contributed by atoms with van der Waals surface area (Å²) in [4.78, 5) is 18.7. The van der Waals surface area contributed by atoms with Crippen LogP contribution < -0.4 is 5.46 Å². The maximum Gasteiger partial charge on any atom is 0.494 e. The van der Waals surface area contributed by atoms with Crippen LogP contribution in [0.5, 0.6) is 0 Å². The molecule has 0 aliphatic carbocycles. The van der Waals surface area contributed by atoms with Crippen molar-refractivity contribution >= 4 is 34.2 Å². The van der Waals surface area contributed by atoms with Gasteiger partial charge in [-0.3, -0.25) is 9.78 Å². The summed E-state index contributed by atoms with van der Waals surface area (Å²) in [5.74, 6) is 0.0124. The lowest BCUT2D eigenvalue weighted by molar-refractivity contribution is 0.00578. The van der Waals surface area contributed by atoms with E-state index in [9.17, 15) is 4.79 Å². The van der Waals surface area contributed by atoms with E-state index in [4.69, 9.17) is 25.0 Å². The molecule has 31 heavy (non-hydrogen) atoms. The van der Waals surface area contributed by atoms with E-state index in [0.29, 0.717) is 17.8 Å². The summed E-state index contributed by atoms with van der Waals surface area (Å²) in [5, 5.41) is -1.45. The summed E-state index contributed by atoms with van der Waals surface area (Å²) in [6.07, 6.45) is 1.60. The molecule has 1 aromatic heterocycles. The molecular formula is C23H27B3N2O3. The summed E-state index contributed by atoms with van der Waals surface area (Å²) in [6.45, 7) is 12.7. The van der Waals surface area contributed by atoms with Crippen LogP contribution in [0.1, 0.15) is 74.6 Å². The number of benzene rings is 1. The molecule has 2 aliphatic rings. The van der Waals surface area contributed by atoms with Gasteiger partial charge in [0.25, 0.3) is 5.91 Å². The van der Waals surface area contributed by atoms with Gasteiger partial charge in [-0.15, -0.1) is 0 Å². The molecule has 0 saturated carbocycles. The molecule has 1 fully saturated rings. The third kappa shape index (κ3) is 3.54. The van der Waals surface area contributed by atoms with Gasteiger partial charge in [-0.25, -0.2) is 0 Å². The molecule has 0 atom stereocenters. The zero-order valence-corrected chi connectivity index (χ0v) is 19.1. The fourth-order valence-electron chi connectivity index (χ4n) is 4.13. The predicted molar refractivity (Wildman–Crippen MR) is 124 cm³/mol. The number of nitrogens with zero attached hydrogens (tertiary/aromatic N) is 2. The Kier molecular flexibility index (Phi) is 5.18. The molecule has 4 radical (unpaired) electrons. The number of fused-ring (bicyclic) bond motifs is 1. The molecule has 5 nitrogen and oxygen atoms in total. The summed E-state index contributed by atoms with van der Waals surface area (Å²) < 4.78 is 12.4. The molecule has 0 N–H and O–H groups in total. The van der Waals surface area contributed by atoms with Gasteiger partial charge in [-0.05, 0) is 62.3 Å². The Morgan fingerprint density at radius 1 is 1.10 bits per heavy atom. The van der Waals surface area contributed by atoms with Crippen molar-refractivity contribution in [2.75, 3.05) is 0 Å². The summed E-state index contributed by atoms with van der Waals surface area (Å²) in [6, 6.07) is 9.53. The molecule has 2 aliphatic heterocycles. The van der Waals surface area contributed by atoms with Crippen molar-refractivity contribution in [2.45, 2.75) is 70.5 Å². The molecule has 4 rings (SSSR count). The Hall–Kier alpha value is -2.05. The minimum Gasteiger partial charge on any atom is -0.399 e. The average molecular weight is 412 g/mol. The molecular weight excluding hydrogens is 385 g/mol.